The number of carbonyl (C=O) groups excluding carboxylic acids is 1. The van der Waals surface area contributed by atoms with Crippen LogP contribution >= 0.6 is 0 Å². The van der Waals surface area contributed by atoms with Crippen LogP contribution in [0.3, 0.4) is 0 Å². The van der Waals surface area contributed by atoms with Crippen LogP contribution in [-0.4, -0.2) is 83.5 Å². The van der Waals surface area contributed by atoms with Crippen molar-refractivity contribution in [3.05, 3.63) is 36.3 Å². The van der Waals surface area contributed by atoms with Crippen LogP contribution in [0.5, 0.6) is 0 Å². The van der Waals surface area contributed by atoms with Gasteiger partial charge in [-0.1, -0.05) is 6.07 Å². The summed E-state index contributed by atoms with van der Waals surface area (Å²) >= 11 is 0. The van der Waals surface area contributed by atoms with Gasteiger partial charge >= 0.3 is 6.03 Å². The van der Waals surface area contributed by atoms with Gasteiger partial charge in [0.2, 0.25) is 5.95 Å². The van der Waals surface area contributed by atoms with Gasteiger partial charge in [0.25, 0.3) is 0 Å². The number of pyridine rings is 1. The number of carbonyl (C=O) groups is 1. The number of morpholine rings is 1. The summed E-state index contributed by atoms with van der Waals surface area (Å²) in [7, 11) is 0. The molecule has 11 nitrogen and oxygen atoms in total. The number of nitrogens with zero attached hydrogens (tertiary/aromatic N) is 7. The zero-order valence-corrected chi connectivity index (χ0v) is 18.2. The summed E-state index contributed by atoms with van der Waals surface area (Å²) in [4.78, 5) is 33.3. The lowest BCUT2D eigenvalue weighted by Crippen LogP contribution is -2.37. The molecule has 4 rings (SSSR count). The van der Waals surface area contributed by atoms with E-state index in [9.17, 15) is 4.79 Å². The lowest BCUT2D eigenvalue weighted by Gasteiger charge is -2.27. The second kappa shape index (κ2) is 9.27. The molecule has 0 saturated carbocycles. The number of urea groups is 1. The molecular formula is C21H27N9O2. The van der Waals surface area contributed by atoms with Gasteiger partial charge < -0.3 is 14.5 Å². The monoisotopic (exact) mass is 437 g/mol. The Bertz CT molecular complexity index is 989. The fourth-order valence-electron chi connectivity index (χ4n) is 3.68. The summed E-state index contributed by atoms with van der Waals surface area (Å²) in [6.07, 6.45) is 4.46. The molecule has 0 aromatic carbocycles. The van der Waals surface area contributed by atoms with Crippen molar-refractivity contribution in [1.82, 2.24) is 19.9 Å². The second-order valence-corrected chi connectivity index (χ2v) is 7.79. The molecule has 0 aliphatic carbocycles. The lowest BCUT2D eigenvalue weighted by molar-refractivity contribution is 0.122. The van der Waals surface area contributed by atoms with E-state index in [0.29, 0.717) is 49.5 Å². The Balaban J connectivity index is 1.49. The third kappa shape index (κ3) is 4.24. The quantitative estimate of drug-likeness (QED) is 0.521. The molecule has 2 amide bonds. The van der Waals surface area contributed by atoms with Gasteiger partial charge in [-0.3, -0.25) is 20.6 Å². The van der Waals surface area contributed by atoms with Gasteiger partial charge in [-0.05, 0) is 26.0 Å². The van der Waals surface area contributed by atoms with Gasteiger partial charge in [0.1, 0.15) is 11.5 Å². The first-order chi connectivity index (χ1) is 15.5. The molecule has 2 aliphatic heterocycles. The number of hydrogen-bond acceptors (Lipinski definition) is 8. The first kappa shape index (κ1) is 21.6. The molecule has 0 radical (unpaired) electrons. The van der Waals surface area contributed by atoms with Crippen molar-refractivity contribution in [2.24, 2.45) is 0 Å². The van der Waals surface area contributed by atoms with Crippen LogP contribution in [0.4, 0.5) is 22.2 Å². The van der Waals surface area contributed by atoms with Gasteiger partial charge in [-0.25, -0.2) is 19.7 Å². The predicted molar refractivity (Wildman–Crippen MR) is 122 cm³/mol. The first-order valence-corrected chi connectivity index (χ1v) is 10.6. The summed E-state index contributed by atoms with van der Waals surface area (Å²) < 4.78 is 5.36. The Labute approximate surface area is 186 Å². The molecule has 11 heteroatoms. The van der Waals surface area contributed by atoms with Gasteiger partial charge in [0, 0.05) is 32.2 Å². The van der Waals surface area contributed by atoms with Crippen LogP contribution in [-0.2, 0) is 4.74 Å². The number of ether oxygens (including phenoxy) is 1. The summed E-state index contributed by atoms with van der Waals surface area (Å²) in [5.74, 6) is 1.22. The Hall–Kier alpha value is -3.60. The zero-order chi connectivity index (χ0) is 22.7. The van der Waals surface area contributed by atoms with Gasteiger partial charge in [-0.2, -0.15) is 0 Å². The van der Waals surface area contributed by atoms with Crippen molar-refractivity contribution < 1.29 is 9.53 Å². The molecule has 32 heavy (non-hydrogen) atoms. The van der Waals surface area contributed by atoms with Crippen LogP contribution in [0.25, 0.3) is 0 Å². The number of nitrogens with one attached hydrogen (secondary N) is 2. The van der Waals surface area contributed by atoms with Crippen molar-refractivity contribution in [3.8, 4) is 0 Å². The first-order valence-electron chi connectivity index (χ1n) is 10.6. The largest absolute Gasteiger partial charge is 0.378 e. The van der Waals surface area contributed by atoms with Crippen LogP contribution in [0.15, 0.2) is 30.6 Å². The van der Waals surface area contributed by atoms with E-state index in [1.165, 1.54) is 4.90 Å². The lowest BCUT2D eigenvalue weighted by atomic mass is 10.2. The van der Waals surface area contributed by atoms with Gasteiger partial charge in [0.05, 0.1) is 37.6 Å². The van der Waals surface area contributed by atoms with E-state index in [4.69, 9.17) is 15.6 Å². The minimum Gasteiger partial charge on any atom is -0.378 e. The fourth-order valence-corrected chi connectivity index (χ4v) is 3.68. The number of amides is 2. The highest BCUT2D eigenvalue weighted by molar-refractivity contribution is 6.06. The second-order valence-electron chi connectivity index (χ2n) is 7.79. The molecule has 0 bridgehead atoms. The molecule has 2 saturated heterocycles. The van der Waals surface area contributed by atoms with Crippen molar-refractivity contribution in [2.75, 3.05) is 54.1 Å². The molecule has 2 N–H and O–H groups in total. The Morgan fingerprint density at radius 1 is 1.12 bits per heavy atom. The summed E-state index contributed by atoms with van der Waals surface area (Å²) in [6.45, 7) is 7.56. The number of hydrogen-bond donors (Lipinski definition) is 2. The van der Waals surface area contributed by atoms with Gasteiger partial charge in [0.15, 0.2) is 5.84 Å². The highest BCUT2D eigenvalue weighted by Crippen LogP contribution is 2.24. The molecular weight excluding hydrogens is 410 g/mol. The van der Waals surface area contributed by atoms with E-state index in [-0.39, 0.29) is 17.9 Å². The summed E-state index contributed by atoms with van der Waals surface area (Å²) in [5, 5.41) is 15.9. The van der Waals surface area contributed by atoms with Crippen molar-refractivity contribution in [3.63, 3.8) is 0 Å². The number of anilines is 3. The van der Waals surface area contributed by atoms with E-state index in [1.54, 1.807) is 40.4 Å². The number of amidine groups is 1. The van der Waals surface area contributed by atoms with E-state index in [1.807, 2.05) is 13.8 Å². The molecule has 2 fully saturated rings. The molecule has 4 heterocycles. The highest BCUT2D eigenvalue weighted by atomic mass is 16.5. The SMILES string of the molecule is CC(C)N(C=N)C(=N)c1cccc(N2CCN(c3cnc(N4CCOCC4)nc3)C2=O)n1. The maximum absolute atomic E-state index is 13.1. The Morgan fingerprint density at radius 3 is 2.47 bits per heavy atom. The van der Waals surface area contributed by atoms with Crippen LogP contribution in [0, 0.1) is 10.8 Å². The zero-order valence-electron chi connectivity index (χ0n) is 18.2. The van der Waals surface area contributed by atoms with Crippen LogP contribution in [0.1, 0.15) is 19.5 Å². The van der Waals surface area contributed by atoms with E-state index in [2.05, 4.69) is 19.9 Å². The predicted octanol–water partition coefficient (Wildman–Crippen LogP) is 1.80. The highest BCUT2D eigenvalue weighted by Gasteiger charge is 2.32. The topological polar surface area (TPSA) is 126 Å². The third-order valence-corrected chi connectivity index (χ3v) is 5.45. The van der Waals surface area contributed by atoms with E-state index < -0.39 is 0 Å². The minimum atomic E-state index is -0.211. The smallest absolute Gasteiger partial charge is 0.330 e. The molecule has 0 unspecified atom stereocenters. The fraction of sp³-hybridized carbons (Fsp3) is 0.429. The van der Waals surface area contributed by atoms with E-state index in [0.717, 1.165) is 19.4 Å². The molecule has 168 valence electrons. The molecule has 2 aliphatic rings. The normalized spacial score (nSPS) is 16.6. The molecule has 2 aromatic rings. The standard InChI is InChI=1S/C21H27N9O2/c1-15(2)30(14-22)19(23)17-4-3-5-18(26-17)29-7-6-28(21(29)31)16-12-24-20(25-13-16)27-8-10-32-11-9-27/h3-5,12-15,22-23H,6-11H2,1-2H3. The van der Waals surface area contributed by atoms with Crippen molar-refractivity contribution >= 4 is 35.7 Å². The number of rotatable bonds is 6. The molecule has 2 aromatic heterocycles. The maximum atomic E-state index is 13.1. The molecule has 0 atom stereocenters. The Kier molecular flexibility index (Phi) is 6.26. The van der Waals surface area contributed by atoms with Crippen molar-refractivity contribution in [1.29, 1.82) is 10.8 Å². The minimum absolute atomic E-state index is 0.0465. The van der Waals surface area contributed by atoms with Crippen LogP contribution < -0.4 is 14.7 Å². The molecule has 0 spiro atoms. The maximum Gasteiger partial charge on any atom is 0.330 e. The summed E-state index contributed by atoms with van der Waals surface area (Å²) in [5.41, 5.74) is 1.04. The summed E-state index contributed by atoms with van der Waals surface area (Å²) in [6, 6.07) is 4.97. The van der Waals surface area contributed by atoms with Gasteiger partial charge in [-0.15, -0.1) is 0 Å². The average Bonchev–Trinajstić information content (AvgIpc) is 3.21. The van der Waals surface area contributed by atoms with E-state index >= 15 is 0 Å². The van der Waals surface area contributed by atoms with Crippen molar-refractivity contribution in [2.45, 2.75) is 19.9 Å². The van der Waals surface area contributed by atoms with Crippen LogP contribution in [0.2, 0.25) is 0 Å². The average molecular weight is 438 g/mol. The third-order valence-electron chi connectivity index (χ3n) is 5.45. The number of aromatic nitrogens is 3. The Morgan fingerprint density at radius 2 is 1.81 bits per heavy atom.